The van der Waals surface area contributed by atoms with Crippen molar-refractivity contribution in [2.75, 3.05) is 32.7 Å². The Morgan fingerprint density at radius 2 is 1.89 bits per heavy atom. The predicted molar refractivity (Wildman–Crippen MR) is 78.3 cm³/mol. The topological polar surface area (TPSA) is 15.3 Å². The molecule has 0 amide bonds. The first-order valence-electron chi connectivity index (χ1n) is 7.22. The van der Waals surface area contributed by atoms with E-state index in [-0.39, 0.29) is 0 Å². The summed E-state index contributed by atoms with van der Waals surface area (Å²) >= 11 is 0. The fourth-order valence-electron chi connectivity index (χ4n) is 2.69. The maximum Gasteiger partial charge on any atom is 0.0108 e. The highest BCUT2D eigenvalue weighted by atomic mass is 15.2. The van der Waals surface area contributed by atoms with Crippen LogP contribution in [0.2, 0.25) is 0 Å². The average molecular weight is 246 g/mol. The summed E-state index contributed by atoms with van der Waals surface area (Å²) < 4.78 is 0. The van der Waals surface area contributed by atoms with Crippen LogP contribution in [0.15, 0.2) is 12.1 Å². The van der Waals surface area contributed by atoms with E-state index in [1.165, 1.54) is 42.7 Å². The highest BCUT2D eigenvalue weighted by Gasteiger charge is 2.10. The van der Waals surface area contributed by atoms with Crippen LogP contribution in [0.1, 0.15) is 29.2 Å². The number of benzene rings is 1. The average Bonchev–Trinajstić information content (AvgIpc) is 2.41. The molecule has 0 aliphatic carbocycles. The summed E-state index contributed by atoms with van der Waals surface area (Å²) in [5.74, 6) is 0. The van der Waals surface area contributed by atoms with Crippen molar-refractivity contribution in [1.29, 1.82) is 0 Å². The van der Waals surface area contributed by atoms with Gasteiger partial charge in [0.15, 0.2) is 0 Å². The lowest BCUT2D eigenvalue weighted by atomic mass is 9.96. The second kappa shape index (κ2) is 6.35. The zero-order valence-corrected chi connectivity index (χ0v) is 12.1. The molecule has 0 unspecified atom stereocenters. The molecule has 1 heterocycles. The predicted octanol–water partition coefficient (Wildman–Crippen LogP) is 2.31. The van der Waals surface area contributed by atoms with Gasteiger partial charge in [-0.25, -0.2) is 0 Å². The van der Waals surface area contributed by atoms with Crippen molar-refractivity contribution in [3.05, 3.63) is 34.4 Å². The number of hydrogen-bond donors (Lipinski definition) is 1. The Balaban J connectivity index is 2.01. The van der Waals surface area contributed by atoms with Gasteiger partial charge in [-0.2, -0.15) is 0 Å². The van der Waals surface area contributed by atoms with Gasteiger partial charge in [-0.3, -0.25) is 0 Å². The van der Waals surface area contributed by atoms with E-state index in [1.807, 2.05) is 0 Å². The van der Waals surface area contributed by atoms with Crippen LogP contribution < -0.4 is 5.32 Å². The van der Waals surface area contributed by atoms with E-state index in [4.69, 9.17) is 0 Å². The van der Waals surface area contributed by atoms with E-state index in [9.17, 15) is 0 Å². The molecule has 0 aromatic heterocycles. The molecule has 1 aromatic rings. The molecular formula is C16H26N2. The van der Waals surface area contributed by atoms with Gasteiger partial charge in [0.05, 0.1) is 0 Å². The molecule has 0 spiro atoms. The maximum atomic E-state index is 3.41. The van der Waals surface area contributed by atoms with Gasteiger partial charge in [-0.1, -0.05) is 19.1 Å². The fourth-order valence-corrected chi connectivity index (χ4v) is 2.69. The molecule has 0 radical (unpaired) electrons. The lowest BCUT2D eigenvalue weighted by Gasteiger charge is -2.27. The van der Waals surface area contributed by atoms with E-state index in [0.717, 1.165) is 19.5 Å². The first-order valence-corrected chi connectivity index (χ1v) is 7.22. The lowest BCUT2D eigenvalue weighted by molar-refractivity contribution is 0.244. The summed E-state index contributed by atoms with van der Waals surface area (Å²) in [6.07, 6.45) is 2.34. The van der Waals surface area contributed by atoms with Crippen LogP contribution in [0.3, 0.4) is 0 Å². The zero-order chi connectivity index (χ0) is 13.0. The molecule has 100 valence electrons. The van der Waals surface area contributed by atoms with Gasteiger partial charge in [0, 0.05) is 32.7 Å². The number of nitrogens with zero attached hydrogens (tertiary/aromatic N) is 1. The number of nitrogens with one attached hydrogen (secondary N) is 1. The van der Waals surface area contributed by atoms with Gasteiger partial charge in [-0.15, -0.1) is 0 Å². The van der Waals surface area contributed by atoms with Crippen molar-refractivity contribution >= 4 is 0 Å². The van der Waals surface area contributed by atoms with Crippen molar-refractivity contribution < 1.29 is 0 Å². The molecule has 1 fully saturated rings. The van der Waals surface area contributed by atoms with Crippen LogP contribution in [-0.2, 0) is 12.8 Å². The molecule has 1 aliphatic rings. The Morgan fingerprint density at radius 1 is 1.17 bits per heavy atom. The highest BCUT2D eigenvalue weighted by molar-refractivity contribution is 5.38. The number of rotatable bonds is 4. The normalized spacial score (nSPS) is 17.1. The van der Waals surface area contributed by atoms with Gasteiger partial charge >= 0.3 is 0 Å². The van der Waals surface area contributed by atoms with Gasteiger partial charge < -0.3 is 10.2 Å². The Hall–Kier alpha value is -0.860. The van der Waals surface area contributed by atoms with Gasteiger partial charge in [-0.05, 0) is 48.9 Å². The highest BCUT2D eigenvalue weighted by Crippen LogP contribution is 2.18. The molecule has 1 N–H and O–H groups in total. The summed E-state index contributed by atoms with van der Waals surface area (Å²) in [6.45, 7) is 12.6. The van der Waals surface area contributed by atoms with Gasteiger partial charge in [0.2, 0.25) is 0 Å². The van der Waals surface area contributed by atoms with Crippen molar-refractivity contribution in [2.24, 2.45) is 0 Å². The number of aryl methyl sites for hydroxylation is 2. The molecule has 0 atom stereocenters. The third-order valence-corrected chi connectivity index (χ3v) is 4.15. The van der Waals surface area contributed by atoms with Gasteiger partial charge in [0.1, 0.15) is 0 Å². The molecule has 0 bridgehead atoms. The summed E-state index contributed by atoms with van der Waals surface area (Å²) in [5, 5.41) is 3.41. The minimum atomic E-state index is 1.14. The summed E-state index contributed by atoms with van der Waals surface area (Å²) in [4.78, 5) is 2.57. The van der Waals surface area contributed by atoms with Crippen LogP contribution in [0.25, 0.3) is 0 Å². The second-order valence-corrected chi connectivity index (χ2v) is 5.39. The van der Waals surface area contributed by atoms with Crippen LogP contribution in [0, 0.1) is 13.8 Å². The van der Waals surface area contributed by atoms with E-state index in [1.54, 1.807) is 5.56 Å². The Kier molecular flexibility index (Phi) is 4.79. The van der Waals surface area contributed by atoms with Gasteiger partial charge in [0.25, 0.3) is 0 Å². The monoisotopic (exact) mass is 246 g/mol. The van der Waals surface area contributed by atoms with Crippen molar-refractivity contribution in [3.8, 4) is 0 Å². The van der Waals surface area contributed by atoms with Crippen molar-refractivity contribution in [2.45, 2.75) is 33.6 Å². The third-order valence-electron chi connectivity index (χ3n) is 4.15. The molecule has 2 heteroatoms. The van der Waals surface area contributed by atoms with Crippen molar-refractivity contribution in [3.63, 3.8) is 0 Å². The molecule has 1 aromatic carbocycles. The molecule has 1 aliphatic heterocycles. The standard InChI is InChI=1S/C16H26N2/c1-4-15-11-13(2)14(3)16(12-15)5-8-18-9-6-17-7-10-18/h11-12,17H,4-10H2,1-3H3. The zero-order valence-electron chi connectivity index (χ0n) is 12.1. The number of piperazine rings is 1. The van der Waals surface area contributed by atoms with Crippen LogP contribution in [-0.4, -0.2) is 37.6 Å². The summed E-state index contributed by atoms with van der Waals surface area (Å²) in [7, 11) is 0. The SMILES string of the molecule is CCc1cc(C)c(C)c(CCN2CCNCC2)c1. The first kappa shape index (κ1) is 13.6. The summed E-state index contributed by atoms with van der Waals surface area (Å²) in [6, 6.07) is 4.74. The molecule has 0 saturated carbocycles. The first-order chi connectivity index (χ1) is 8.70. The molecule has 1 saturated heterocycles. The van der Waals surface area contributed by atoms with E-state index in [2.05, 4.69) is 43.1 Å². The van der Waals surface area contributed by atoms with Crippen LogP contribution >= 0.6 is 0 Å². The maximum absolute atomic E-state index is 3.41. The second-order valence-electron chi connectivity index (χ2n) is 5.39. The molecule has 2 rings (SSSR count). The molecule has 2 nitrogen and oxygen atoms in total. The number of hydrogen-bond acceptors (Lipinski definition) is 2. The smallest absolute Gasteiger partial charge is 0.0108 e. The largest absolute Gasteiger partial charge is 0.314 e. The van der Waals surface area contributed by atoms with E-state index >= 15 is 0 Å². The lowest BCUT2D eigenvalue weighted by Crippen LogP contribution is -2.44. The Morgan fingerprint density at radius 3 is 2.56 bits per heavy atom. The fraction of sp³-hybridized carbons (Fsp3) is 0.625. The Bertz CT molecular complexity index is 392. The minimum absolute atomic E-state index is 1.14. The van der Waals surface area contributed by atoms with E-state index < -0.39 is 0 Å². The molecular weight excluding hydrogens is 220 g/mol. The molecule has 18 heavy (non-hydrogen) atoms. The minimum Gasteiger partial charge on any atom is -0.314 e. The van der Waals surface area contributed by atoms with Crippen LogP contribution in [0.4, 0.5) is 0 Å². The van der Waals surface area contributed by atoms with Crippen LogP contribution in [0.5, 0.6) is 0 Å². The third kappa shape index (κ3) is 3.33. The van der Waals surface area contributed by atoms with E-state index in [0.29, 0.717) is 0 Å². The van der Waals surface area contributed by atoms with Crippen molar-refractivity contribution in [1.82, 2.24) is 10.2 Å². The quantitative estimate of drug-likeness (QED) is 0.877. The summed E-state index contributed by atoms with van der Waals surface area (Å²) in [5.41, 5.74) is 5.96. The Labute approximate surface area is 111 Å².